The number of amides is 1. The first-order valence-corrected chi connectivity index (χ1v) is 3.07. The summed E-state index contributed by atoms with van der Waals surface area (Å²) in [4.78, 5) is 10.5. The van der Waals surface area contributed by atoms with Gasteiger partial charge >= 0.3 is 0 Å². The van der Waals surface area contributed by atoms with Crippen LogP contribution in [0.3, 0.4) is 0 Å². The standard InChI is InChI=1S/C8H12N2O/c1-5(2)7(9)4-6(3)8(10)11/h4H,1,3,9H2,2H3,(H2,10,11)/b7-4+. The van der Waals surface area contributed by atoms with Gasteiger partial charge in [-0.1, -0.05) is 13.2 Å². The topological polar surface area (TPSA) is 69.1 Å². The molecule has 60 valence electrons. The van der Waals surface area contributed by atoms with Crippen LogP contribution in [0.1, 0.15) is 6.92 Å². The maximum absolute atomic E-state index is 10.5. The number of primary amides is 1. The van der Waals surface area contributed by atoms with Gasteiger partial charge in [0.2, 0.25) is 5.91 Å². The maximum atomic E-state index is 10.5. The van der Waals surface area contributed by atoms with E-state index in [4.69, 9.17) is 11.5 Å². The summed E-state index contributed by atoms with van der Waals surface area (Å²) in [5.74, 6) is -0.575. The molecular weight excluding hydrogens is 140 g/mol. The minimum absolute atomic E-state index is 0.186. The summed E-state index contributed by atoms with van der Waals surface area (Å²) in [5.41, 5.74) is 11.7. The summed E-state index contributed by atoms with van der Waals surface area (Å²) in [7, 11) is 0. The average molecular weight is 152 g/mol. The van der Waals surface area contributed by atoms with Crippen molar-refractivity contribution in [2.45, 2.75) is 6.92 Å². The second-order valence-electron chi connectivity index (χ2n) is 2.27. The molecule has 0 radical (unpaired) electrons. The molecule has 0 aliphatic rings. The van der Waals surface area contributed by atoms with Crippen molar-refractivity contribution in [3.05, 3.63) is 36.1 Å². The summed E-state index contributed by atoms with van der Waals surface area (Å²) in [6, 6.07) is 0. The molecule has 0 unspecified atom stereocenters. The van der Waals surface area contributed by atoms with Crippen molar-refractivity contribution in [3.63, 3.8) is 0 Å². The molecular formula is C8H12N2O. The van der Waals surface area contributed by atoms with Crippen LogP contribution in [0.2, 0.25) is 0 Å². The Labute approximate surface area is 66.1 Å². The minimum atomic E-state index is -0.575. The van der Waals surface area contributed by atoms with Gasteiger partial charge in [-0.15, -0.1) is 0 Å². The van der Waals surface area contributed by atoms with Gasteiger partial charge in [0.15, 0.2) is 0 Å². The first kappa shape index (κ1) is 9.49. The second kappa shape index (κ2) is 3.61. The normalized spacial score (nSPS) is 10.8. The summed E-state index contributed by atoms with van der Waals surface area (Å²) >= 11 is 0. The lowest BCUT2D eigenvalue weighted by atomic mass is 10.2. The summed E-state index contributed by atoms with van der Waals surface area (Å²) < 4.78 is 0. The lowest BCUT2D eigenvalue weighted by molar-refractivity contribution is -0.114. The van der Waals surface area contributed by atoms with Gasteiger partial charge in [0.1, 0.15) is 0 Å². The fourth-order valence-corrected chi connectivity index (χ4v) is 0.382. The molecule has 4 N–H and O–H groups in total. The van der Waals surface area contributed by atoms with Crippen molar-refractivity contribution in [1.82, 2.24) is 0 Å². The van der Waals surface area contributed by atoms with E-state index in [2.05, 4.69) is 13.2 Å². The predicted octanol–water partition coefficient (Wildman–Crippen LogP) is 0.447. The summed E-state index contributed by atoms with van der Waals surface area (Å²) in [6.45, 7) is 8.72. The van der Waals surface area contributed by atoms with Gasteiger partial charge in [-0.2, -0.15) is 0 Å². The van der Waals surface area contributed by atoms with E-state index in [9.17, 15) is 4.79 Å². The van der Waals surface area contributed by atoms with E-state index in [1.54, 1.807) is 6.92 Å². The van der Waals surface area contributed by atoms with Gasteiger partial charge < -0.3 is 11.5 Å². The van der Waals surface area contributed by atoms with Crippen LogP contribution in [0.4, 0.5) is 0 Å². The fraction of sp³-hybridized carbons (Fsp3) is 0.125. The first-order valence-electron chi connectivity index (χ1n) is 3.07. The van der Waals surface area contributed by atoms with Gasteiger partial charge in [0.25, 0.3) is 0 Å². The van der Waals surface area contributed by atoms with Crippen LogP contribution in [-0.2, 0) is 4.79 Å². The maximum Gasteiger partial charge on any atom is 0.248 e. The summed E-state index contributed by atoms with van der Waals surface area (Å²) in [6.07, 6.45) is 1.41. The van der Waals surface area contributed by atoms with Crippen LogP contribution in [-0.4, -0.2) is 5.91 Å². The van der Waals surface area contributed by atoms with Crippen molar-refractivity contribution in [2.24, 2.45) is 11.5 Å². The van der Waals surface area contributed by atoms with Crippen molar-refractivity contribution in [1.29, 1.82) is 0 Å². The van der Waals surface area contributed by atoms with Crippen molar-refractivity contribution >= 4 is 5.91 Å². The number of carbonyl (C=O) groups excluding carboxylic acids is 1. The van der Waals surface area contributed by atoms with Crippen LogP contribution < -0.4 is 11.5 Å². The SMILES string of the molecule is C=C(/C=C(/N)C(=C)C)C(N)=O. The molecule has 3 heteroatoms. The van der Waals surface area contributed by atoms with Crippen LogP contribution >= 0.6 is 0 Å². The molecule has 0 bridgehead atoms. The monoisotopic (exact) mass is 152 g/mol. The number of hydrogen-bond donors (Lipinski definition) is 2. The highest BCUT2D eigenvalue weighted by Crippen LogP contribution is 2.02. The number of hydrogen-bond acceptors (Lipinski definition) is 2. The molecule has 0 aromatic rings. The van der Waals surface area contributed by atoms with Crippen LogP contribution in [0.15, 0.2) is 36.1 Å². The minimum Gasteiger partial charge on any atom is -0.399 e. The van der Waals surface area contributed by atoms with E-state index in [1.165, 1.54) is 6.08 Å². The molecule has 0 fully saturated rings. The van der Waals surface area contributed by atoms with E-state index >= 15 is 0 Å². The van der Waals surface area contributed by atoms with Gasteiger partial charge in [-0.25, -0.2) is 0 Å². The van der Waals surface area contributed by atoms with E-state index in [0.717, 1.165) is 0 Å². The first-order chi connectivity index (χ1) is 4.95. The quantitative estimate of drug-likeness (QED) is 0.455. The Morgan fingerprint density at radius 2 is 1.82 bits per heavy atom. The fourth-order valence-electron chi connectivity index (χ4n) is 0.382. The highest BCUT2D eigenvalue weighted by Gasteiger charge is 1.98. The van der Waals surface area contributed by atoms with Crippen LogP contribution in [0.25, 0.3) is 0 Å². The Bertz CT molecular complexity index is 238. The van der Waals surface area contributed by atoms with Gasteiger partial charge in [-0.3, -0.25) is 4.79 Å². The molecule has 11 heavy (non-hydrogen) atoms. The van der Waals surface area contributed by atoms with Crippen LogP contribution in [0, 0.1) is 0 Å². The lowest BCUT2D eigenvalue weighted by Crippen LogP contribution is -2.13. The molecule has 0 aromatic carbocycles. The lowest BCUT2D eigenvalue weighted by Gasteiger charge is -1.98. The molecule has 0 aliphatic carbocycles. The van der Waals surface area contributed by atoms with E-state index in [0.29, 0.717) is 11.3 Å². The zero-order valence-electron chi connectivity index (χ0n) is 6.55. The molecule has 0 aliphatic heterocycles. The molecule has 0 rings (SSSR count). The third kappa shape index (κ3) is 3.25. The van der Waals surface area contributed by atoms with Gasteiger partial charge in [-0.05, 0) is 18.6 Å². The molecule has 0 heterocycles. The van der Waals surface area contributed by atoms with Crippen molar-refractivity contribution in [2.75, 3.05) is 0 Å². The number of carbonyl (C=O) groups is 1. The molecule has 1 amide bonds. The Balaban J connectivity index is 4.44. The Morgan fingerprint density at radius 3 is 2.09 bits per heavy atom. The van der Waals surface area contributed by atoms with Crippen molar-refractivity contribution in [3.8, 4) is 0 Å². The zero-order chi connectivity index (χ0) is 9.02. The highest BCUT2D eigenvalue weighted by atomic mass is 16.1. The number of nitrogens with two attached hydrogens (primary N) is 2. The van der Waals surface area contributed by atoms with Gasteiger partial charge in [0, 0.05) is 11.3 Å². The average Bonchev–Trinajstić information content (AvgIpc) is 1.87. The van der Waals surface area contributed by atoms with Crippen molar-refractivity contribution < 1.29 is 4.79 Å². The smallest absolute Gasteiger partial charge is 0.248 e. The highest BCUT2D eigenvalue weighted by molar-refractivity contribution is 5.94. The third-order valence-electron chi connectivity index (χ3n) is 1.14. The number of rotatable bonds is 3. The Kier molecular flexibility index (Phi) is 3.11. The molecule has 0 aromatic heterocycles. The van der Waals surface area contributed by atoms with E-state index in [-0.39, 0.29) is 5.57 Å². The van der Waals surface area contributed by atoms with E-state index in [1.807, 2.05) is 0 Å². The van der Waals surface area contributed by atoms with Crippen LogP contribution in [0.5, 0.6) is 0 Å². The third-order valence-corrected chi connectivity index (χ3v) is 1.14. The molecule has 0 atom stereocenters. The van der Waals surface area contributed by atoms with E-state index < -0.39 is 5.91 Å². The Morgan fingerprint density at radius 1 is 1.36 bits per heavy atom. The Hall–Kier alpha value is -1.51. The molecule has 3 nitrogen and oxygen atoms in total. The molecule has 0 saturated heterocycles. The zero-order valence-corrected chi connectivity index (χ0v) is 6.55. The molecule has 0 spiro atoms. The molecule has 0 saturated carbocycles. The largest absolute Gasteiger partial charge is 0.399 e. The predicted molar refractivity (Wildman–Crippen MR) is 45.4 cm³/mol. The second-order valence-corrected chi connectivity index (χ2v) is 2.27. The summed E-state index contributed by atoms with van der Waals surface area (Å²) in [5, 5.41) is 0. The number of allylic oxidation sites excluding steroid dienone is 1. The van der Waals surface area contributed by atoms with Gasteiger partial charge in [0.05, 0.1) is 0 Å².